The summed E-state index contributed by atoms with van der Waals surface area (Å²) in [4.78, 5) is 52.8. The third-order valence-corrected chi connectivity index (χ3v) is 6.90. The molecule has 11 nitrogen and oxygen atoms in total. The second-order valence-electron chi connectivity index (χ2n) is 11.2. The number of para-hydroxylation sites is 1. The van der Waals surface area contributed by atoms with E-state index in [-0.39, 0.29) is 24.1 Å². The molecule has 0 bridgehead atoms. The first kappa shape index (κ1) is 30.9. The molecule has 0 spiro atoms. The fourth-order valence-corrected chi connectivity index (χ4v) is 4.87. The molecule has 4 amide bonds. The van der Waals surface area contributed by atoms with Gasteiger partial charge in [-0.25, -0.2) is 9.59 Å². The molecular formula is C29H42N4O7. The molecule has 2 unspecified atom stereocenters. The summed E-state index contributed by atoms with van der Waals surface area (Å²) < 4.78 is 10.5. The third-order valence-electron chi connectivity index (χ3n) is 6.90. The van der Waals surface area contributed by atoms with Gasteiger partial charge in [-0.2, -0.15) is 0 Å². The number of nitrogens with zero attached hydrogens (tertiary/aromatic N) is 1. The molecule has 2 heterocycles. The molecule has 1 aliphatic rings. The zero-order chi connectivity index (χ0) is 29.4. The van der Waals surface area contributed by atoms with Gasteiger partial charge in [0.25, 0.3) is 5.91 Å². The lowest BCUT2D eigenvalue weighted by atomic mass is 10.0. The molecule has 0 saturated carbocycles. The molecule has 220 valence electrons. The number of carbonyl (C=O) groups is 4. The molecule has 11 heteroatoms. The number of fused-ring (bicyclic) bond motifs is 1. The Bertz CT molecular complexity index is 1150. The summed E-state index contributed by atoms with van der Waals surface area (Å²) in [6.07, 6.45) is 0.743. The Kier molecular flexibility index (Phi) is 10.9. The molecule has 4 atom stereocenters. The first-order valence-corrected chi connectivity index (χ1v) is 13.9. The number of carbonyl (C=O) groups excluding carboxylic acids is 4. The predicted octanol–water partition coefficient (Wildman–Crippen LogP) is 2.82. The predicted molar refractivity (Wildman–Crippen MR) is 149 cm³/mol. The van der Waals surface area contributed by atoms with Gasteiger partial charge in [-0.15, -0.1) is 0 Å². The lowest BCUT2D eigenvalue weighted by molar-refractivity contribution is -0.143. The Morgan fingerprint density at radius 1 is 1.05 bits per heavy atom. The summed E-state index contributed by atoms with van der Waals surface area (Å²) in [5.74, 6) is -1.06. The zero-order valence-electron chi connectivity index (χ0n) is 23.9. The maximum atomic E-state index is 13.3. The van der Waals surface area contributed by atoms with Crippen molar-refractivity contribution in [3.05, 3.63) is 36.1 Å². The normalized spacial score (nSPS) is 19.1. The number of furan rings is 1. The second-order valence-corrected chi connectivity index (χ2v) is 11.2. The highest BCUT2D eigenvalue weighted by Crippen LogP contribution is 2.20. The van der Waals surface area contributed by atoms with Gasteiger partial charge in [0, 0.05) is 11.9 Å². The standard InChI is InChI=1S/C29H42N4O7/c1-17(2)13-21(31-27(36)25-15-19-9-6-7-11-24(19)40-25)26(35)30-20-10-8-12-33(16-23(20)34)29(38)32-22(14-18(3)4)28(37)39-5/h6-7,9,11,15,17-18,20-23,34H,8,10,12-14,16H2,1-5H3,(H,30,35)(H,31,36)(H,32,38)/t20?,21-,22?,23-/m0/s1. The van der Waals surface area contributed by atoms with Crippen LogP contribution in [0.15, 0.2) is 34.7 Å². The summed E-state index contributed by atoms with van der Waals surface area (Å²) >= 11 is 0. The number of urea groups is 1. The van der Waals surface area contributed by atoms with Crippen LogP contribution < -0.4 is 16.0 Å². The van der Waals surface area contributed by atoms with Crippen molar-refractivity contribution in [2.75, 3.05) is 20.2 Å². The van der Waals surface area contributed by atoms with Crippen LogP contribution in [0.25, 0.3) is 11.0 Å². The van der Waals surface area contributed by atoms with Crippen LogP contribution in [0, 0.1) is 11.8 Å². The highest BCUT2D eigenvalue weighted by molar-refractivity contribution is 5.98. The van der Waals surface area contributed by atoms with Gasteiger partial charge in [0.05, 0.1) is 25.8 Å². The number of hydrogen-bond acceptors (Lipinski definition) is 7. The summed E-state index contributed by atoms with van der Waals surface area (Å²) in [7, 11) is 1.27. The second kappa shape index (κ2) is 14.2. The first-order chi connectivity index (χ1) is 19.0. The van der Waals surface area contributed by atoms with Gasteiger partial charge in [0.2, 0.25) is 5.91 Å². The lowest BCUT2D eigenvalue weighted by Crippen LogP contribution is -2.55. The van der Waals surface area contributed by atoms with E-state index in [2.05, 4.69) is 16.0 Å². The third kappa shape index (κ3) is 8.45. The van der Waals surface area contributed by atoms with E-state index in [1.54, 1.807) is 12.1 Å². The maximum absolute atomic E-state index is 13.3. The molecule has 4 N–H and O–H groups in total. The van der Waals surface area contributed by atoms with E-state index in [1.807, 2.05) is 45.9 Å². The number of amides is 4. The van der Waals surface area contributed by atoms with Gasteiger partial charge in [0.15, 0.2) is 5.76 Å². The number of rotatable bonds is 10. The van der Waals surface area contributed by atoms with Gasteiger partial charge < -0.3 is 35.1 Å². The van der Waals surface area contributed by atoms with Gasteiger partial charge in [-0.1, -0.05) is 45.9 Å². The Labute approximate surface area is 235 Å². The number of likely N-dealkylation sites (tertiary alicyclic amines) is 1. The van der Waals surface area contributed by atoms with Crippen molar-refractivity contribution in [3.8, 4) is 0 Å². The quantitative estimate of drug-likeness (QED) is 0.328. The molecule has 1 aromatic carbocycles. The summed E-state index contributed by atoms with van der Waals surface area (Å²) in [6, 6.07) is 6.18. The van der Waals surface area contributed by atoms with E-state index < -0.39 is 48.0 Å². The van der Waals surface area contributed by atoms with Crippen LogP contribution in [0.4, 0.5) is 4.79 Å². The number of hydrogen-bond donors (Lipinski definition) is 4. The fraction of sp³-hybridized carbons (Fsp3) is 0.586. The van der Waals surface area contributed by atoms with Crippen LogP contribution in [-0.4, -0.2) is 78.3 Å². The van der Waals surface area contributed by atoms with Crippen LogP contribution >= 0.6 is 0 Å². The Balaban J connectivity index is 1.63. The van der Waals surface area contributed by atoms with Crippen molar-refractivity contribution in [2.24, 2.45) is 11.8 Å². The minimum absolute atomic E-state index is 0.0213. The Morgan fingerprint density at radius 2 is 1.73 bits per heavy atom. The minimum atomic E-state index is -1.04. The van der Waals surface area contributed by atoms with Crippen molar-refractivity contribution in [1.29, 1.82) is 0 Å². The lowest BCUT2D eigenvalue weighted by Gasteiger charge is -2.28. The number of ether oxygens (including phenoxy) is 1. The monoisotopic (exact) mass is 558 g/mol. The van der Waals surface area contributed by atoms with E-state index in [0.29, 0.717) is 37.8 Å². The minimum Gasteiger partial charge on any atom is -0.467 e. The summed E-state index contributed by atoms with van der Waals surface area (Å²) in [6.45, 7) is 8.11. The summed E-state index contributed by atoms with van der Waals surface area (Å²) in [5.41, 5.74) is 0.579. The molecule has 40 heavy (non-hydrogen) atoms. The van der Waals surface area contributed by atoms with E-state index in [4.69, 9.17) is 9.15 Å². The van der Waals surface area contributed by atoms with Crippen molar-refractivity contribution >= 4 is 34.8 Å². The van der Waals surface area contributed by atoms with E-state index in [0.717, 1.165) is 5.39 Å². The van der Waals surface area contributed by atoms with Gasteiger partial charge >= 0.3 is 12.0 Å². The molecule has 1 aromatic heterocycles. The van der Waals surface area contributed by atoms with E-state index >= 15 is 0 Å². The van der Waals surface area contributed by atoms with Crippen molar-refractivity contribution < 1.29 is 33.4 Å². The summed E-state index contributed by atoms with van der Waals surface area (Å²) in [5, 5.41) is 20.1. The van der Waals surface area contributed by atoms with Crippen LogP contribution in [0.5, 0.6) is 0 Å². The highest BCUT2D eigenvalue weighted by atomic mass is 16.5. The van der Waals surface area contributed by atoms with Gasteiger partial charge in [0.1, 0.15) is 17.7 Å². The number of methoxy groups -OCH3 is 1. The fourth-order valence-electron chi connectivity index (χ4n) is 4.87. The number of aliphatic hydroxyl groups excluding tert-OH is 1. The van der Waals surface area contributed by atoms with E-state index in [1.165, 1.54) is 12.0 Å². The van der Waals surface area contributed by atoms with Crippen LogP contribution in [-0.2, 0) is 14.3 Å². The van der Waals surface area contributed by atoms with Crippen molar-refractivity contribution in [3.63, 3.8) is 0 Å². The smallest absolute Gasteiger partial charge is 0.328 e. The van der Waals surface area contributed by atoms with Gasteiger partial charge in [-0.05, 0) is 49.7 Å². The Morgan fingerprint density at radius 3 is 2.38 bits per heavy atom. The molecule has 3 rings (SSSR count). The number of benzene rings is 1. The molecule has 1 saturated heterocycles. The number of aliphatic hydroxyl groups is 1. The first-order valence-electron chi connectivity index (χ1n) is 13.9. The average molecular weight is 559 g/mol. The highest BCUT2D eigenvalue weighted by Gasteiger charge is 2.33. The van der Waals surface area contributed by atoms with E-state index in [9.17, 15) is 24.3 Å². The topological polar surface area (TPSA) is 150 Å². The van der Waals surface area contributed by atoms with Crippen LogP contribution in [0.2, 0.25) is 0 Å². The van der Waals surface area contributed by atoms with Crippen LogP contribution in [0.3, 0.4) is 0 Å². The average Bonchev–Trinajstić information content (AvgIpc) is 3.26. The number of β-amino-alcohol motifs (C(OH)–C–C–N with tert-alkyl or cyclic N) is 1. The van der Waals surface area contributed by atoms with Crippen molar-refractivity contribution in [1.82, 2.24) is 20.9 Å². The molecule has 1 aliphatic heterocycles. The molecule has 2 aromatic rings. The molecule has 0 radical (unpaired) electrons. The number of nitrogens with one attached hydrogen (secondary N) is 3. The van der Waals surface area contributed by atoms with Crippen LogP contribution in [0.1, 0.15) is 63.9 Å². The molecule has 0 aliphatic carbocycles. The zero-order valence-corrected chi connectivity index (χ0v) is 23.9. The van der Waals surface area contributed by atoms with Crippen molar-refractivity contribution in [2.45, 2.75) is 77.6 Å². The number of esters is 1. The molecular weight excluding hydrogens is 516 g/mol. The van der Waals surface area contributed by atoms with Gasteiger partial charge in [-0.3, -0.25) is 9.59 Å². The Hall–Kier alpha value is -3.60. The molecule has 1 fully saturated rings. The maximum Gasteiger partial charge on any atom is 0.328 e. The SMILES string of the molecule is COC(=O)C(CC(C)C)NC(=O)N1CCCC(NC(=O)[C@H](CC(C)C)NC(=O)c2cc3ccccc3o2)[C@@H](O)C1. The largest absolute Gasteiger partial charge is 0.467 e.